The minimum absolute atomic E-state index is 0.0412. The van der Waals surface area contributed by atoms with Crippen molar-refractivity contribution in [2.75, 3.05) is 43.4 Å². The monoisotopic (exact) mass is 769 g/mol. The molecule has 0 bridgehead atoms. The molecule has 12 nitrogen and oxygen atoms in total. The van der Waals surface area contributed by atoms with Crippen molar-refractivity contribution in [3.05, 3.63) is 35.4 Å². The van der Waals surface area contributed by atoms with Gasteiger partial charge in [-0.15, -0.1) is 0 Å². The number of hydrogen-bond acceptors (Lipinski definition) is 11. The van der Waals surface area contributed by atoms with Crippen LogP contribution in [-0.2, 0) is 9.47 Å². The van der Waals surface area contributed by atoms with Gasteiger partial charge in [-0.3, -0.25) is 10.2 Å². The van der Waals surface area contributed by atoms with Crippen molar-refractivity contribution < 1.29 is 37.0 Å². The van der Waals surface area contributed by atoms with Crippen molar-refractivity contribution in [2.45, 2.75) is 103 Å². The lowest BCUT2D eigenvalue weighted by Crippen LogP contribution is -2.43. The van der Waals surface area contributed by atoms with E-state index in [9.17, 15) is 14.0 Å². The third-order valence-corrected chi connectivity index (χ3v) is 10.9. The van der Waals surface area contributed by atoms with Gasteiger partial charge in [-0.2, -0.15) is 9.97 Å². The topological polar surface area (TPSA) is 131 Å². The van der Waals surface area contributed by atoms with Gasteiger partial charge in [0.15, 0.2) is 10.9 Å². The van der Waals surface area contributed by atoms with Crippen LogP contribution in [0.2, 0.25) is 0 Å². The molecular formula is C38H46F3N7O5S. The number of amides is 2. The molecule has 0 radical (unpaired) electrons. The Bertz CT molecular complexity index is 2120. The number of likely N-dealkylation sites (tertiary alicyclic amines) is 1. The number of hydrogen-bond donors (Lipinski definition) is 2. The van der Waals surface area contributed by atoms with E-state index in [1.54, 1.807) is 38.7 Å². The lowest BCUT2D eigenvalue weighted by molar-refractivity contribution is 0.0293. The van der Waals surface area contributed by atoms with Crippen LogP contribution in [0.15, 0.2) is 18.2 Å². The third-order valence-electron chi connectivity index (χ3n) is 9.89. The molecule has 4 aromatic rings. The molecule has 16 heteroatoms. The summed E-state index contributed by atoms with van der Waals surface area (Å²) >= 11 is 0.912. The van der Waals surface area contributed by atoms with Crippen LogP contribution in [0.1, 0.15) is 72.8 Å². The first kappa shape index (κ1) is 37.9. The number of benzene rings is 2. The Morgan fingerprint density at radius 2 is 1.78 bits per heavy atom. The summed E-state index contributed by atoms with van der Waals surface area (Å²) in [6.07, 6.45) is 0.489. The maximum absolute atomic E-state index is 17.1. The van der Waals surface area contributed by atoms with Gasteiger partial charge in [0.2, 0.25) is 0 Å². The summed E-state index contributed by atoms with van der Waals surface area (Å²) in [6.45, 7) is 14.4. The molecule has 3 fully saturated rings. The Balaban J connectivity index is 1.27. The van der Waals surface area contributed by atoms with Gasteiger partial charge in [0.25, 0.3) is 0 Å². The number of carbonyl (C=O) groups is 2. The molecule has 3 aliphatic heterocycles. The smallest absolute Gasteiger partial charge is 0.413 e. The highest BCUT2D eigenvalue weighted by atomic mass is 32.1. The van der Waals surface area contributed by atoms with Gasteiger partial charge in [-0.25, -0.2) is 27.7 Å². The number of alkyl halides is 1. The zero-order valence-corrected chi connectivity index (χ0v) is 32.4. The van der Waals surface area contributed by atoms with E-state index >= 15 is 8.78 Å². The van der Waals surface area contributed by atoms with Gasteiger partial charge >= 0.3 is 18.2 Å². The number of carbonyl (C=O) groups excluding carboxylic acids is 2. The molecule has 290 valence electrons. The second-order valence-corrected chi connectivity index (χ2v) is 17.5. The molecule has 3 saturated heterocycles. The van der Waals surface area contributed by atoms with E-state index in [-0.39, 0.29) is 45.1 Å². The van der Waals surface area contributed by atoms with Crippen molar-refractivity contribution in [2.24, 2.45) is 0 Å². The molecule has 0 spiro atoms. The fourth-order valence-corrected chi connectivity index (χ4v) is 8.55. The van der Waals surface area contributed by atoms with E-state index in [0.717, 1.165) is 30.7 Å². The molecule has 2 aromatic heterocycles. The van der Waals surface area contributed by atoms with Crippen molar-refractivity contribution >= 4 is 55.6 Å². The minimum Gasteiger partial charge on any atom is -0.461 e. The molecule has 3 aliphatic rings. The van der Waals surface area contributed by atoms with Crippen molar-refractivity contribution in [3.63, 3.8) is 0 Å². The molecule has 0 saturated carbocycles. The number of ether oxygens (including phenoxy) is 3. The summed E-state index contributed by atoms with van der Waals surface area (Å²) in [5.41, 5.74) is -0.832. The molecule has 54 heavy (non-hydrogen) atoms. The van der Waals surface area contributed by atoms with E-state index < -0.39 is 46.7 Å². The summed E-state index contributed by atoms with van der Waals surface area (Å²) < 4.78 is 64.2. The number of thiazole rings is 1. The Labute approximate surface area is 315 Å². The second-order valence-electron chi connectivity index (χ2n) is 16.5. The van der Waals surface area contributed by atoms with Crippen LogP contribution >= 0.6 is 11.3 Å². The van der Waals surface area contributed by atoms with Crippen LogP contribution < -0.4 is 15.4 Å². The Morgan fingerprint density at radius 3 is 2.52 bits per heavy atom. The third kappa shape index (κ3) is 7.72. The van der Waals surface area contributed by atoms with Gasteiger partial charge in [-0.1, -0.05) is 11.3 Å². The first-order valence-corrected chi connectivity index (χ1v) is 19.1. The van der Waals surface area contributed by atoms with Gasteiger partial charge in [-0.05, 0) is 98.0 Å². The van der Waals surface area contributed by atoms with Crippen LogP contribution in [0.25, 0.3) is 32.2 Å². The maximum atomic E-state index is 17.1. The Hall–Kier alpha value is -4.44. The Morgan fingerprint density at radius 1 is 1.02 bits per heavy atom. The molecule has 2 N–H and O–H groups in total. The fourth-order valence-electron chi connectivity index (χ4n) is 7.67. The highest BCUT2D eigenvalue weighted by Gasteiger charge is 2.49. The number of aromatic nitrogens is 3. The molecule has 7 rings (SSSR count). The molecule has 2 aromatic carbocycles. The second kappa shape index (κ2) is 14.0. The Kier molecular flexibility index (Phi) is 9.82. The molecule has 0 unspecified atom stereocenters. The maximum Gasteiger partial charge on any atom is 0.413 e. The van der Waals surface area contributed by atoms with Gasteiger partial charge < -0.3 is 24.4 Å². The number of anilines is 2. The van der Waals surface area contributed by atoms with Gasteiger partial charge in [0, 0.05) is 48.6 Å². The SMILES string of the molecule is Cc1cc2c(N[C@@H]3CCN(C(=O)OC(C)(C)C)C3)nc(OC[C@@]34CCCN3C[C@H](F)C4)nc2c(F)c1-c1ccc(F)c2sc(NC(=O)OC(C)(C)C)nc12. The first-order valence-electron chi connectivity index (χ1n) is 18.2. The van der Waals surface area contributed by atoms with E-state index in [2.05, 4.69) is 25.5 Å². The van der Waals surface area contributed by atoms with E-state index in [0.29, 0.717) is 54.8 Å². The van der Waals surface area contributed by atoms with Gasteiger partial charge in [0.1, 0.15) is 41.1 Å². The summed E-state index contributed by atoms with van der Waals surface area (Å²) in [5, 5.41) is 6.44. The first-order chi connectivity index (χ1) is 25.4. The summed E-state index contributed by atoms with van der Waals surface area (Å²) in [5.74, 6) is -0.960. The molecule has 5 heterocycles. The van der Waals surface area contributed by atoms with Crippen LogP contribution in [-0.4, -0.2) is 98.7 Å². The molecule has 2 amide bonds. The lowest BCUT2D eigenvalue weighted by Gasteiger charge is -2.30. The highest BCUT2D eigenvalue weighted by molar-refractivity contribution is 7.22. The standard InChI is InChI=1S/C38H46F3N7O5S/c1-20-15-24-28(27(41)26(20)23-9-10-25(40)30-29(23)44-33(54-30)46-34(49)52-36(2,3)4)43-32(51-19-38-12-8-13-48(38)17-21(39)16-38)45-31(24)42-22-11-14-47(18-22)35(50)53-37(5,6)7/h9-10,15,21-22H,8,11-14,16-19H2,1-7H3,(H,42,43,45)(H,44,46,49)/t21-,22-,38+/m1/s1. The van der Waals surface area contributed by atoms with Crippen LogP contribution in [0.5, 0.6) is 6.01 Å². The average molecular weight is 770 g/mol. The number of aryl methyl sites for hydroxylation is 1. The van der Waals surface area contributed by atoms with Crippen molar-refractivity contribution in [3.8, 4) is 17.1 Å². The summed E-state index contributed by atoms with van der Waals surface area (Å²) in [6, 6.07) is 4.13. The average Bonchev–Trinajstić information content (AvgIpc) is 3.84. The lowest BCUT2D eigenvalue weighted by atomic mass is 9.95. The molecule has 3 atom stereocenters. The molecule has 0 aliphatic carbocycles. The molecular weight excluding hydrogens is 724 g/mol. The number of rotatable bonds is 7. The number of nitrogens with one attached hydrogen (secondary N) is 2. The fraction of sp³-hybridized carbons (Fsp3) is 0.553. The zero-order chi connectivity index (χ0) is 38.7. The van der Waals surface area contributed by atoms with Crippen molar-refractivity contribution in [1.29, 1.82) is 0 Å². The largest absolute Gasteiger partial charge is 0.461 e. The van der Waals surface area contributed by atoms with Crippen molar-refractivity contribution in [1.82, 2.24) is 24.8 Å². The van der Waals surface area contributed by atoms with Gasteiger partial charge in [0.05, 0.1) is 15.8 Å². The number of nitrogens with zero attached hydrogens (tertiary/aromatic N) is 5. The summed E-state index contributed by atoms with van der Waals surface area (Å²) in [7, 11) is 0. The quantitative estimate of drug-likeness (QED) is 0.190. The van der Waals surface area contributed by atoms with E-state index in [1.165, 1.54) is 12.1 Å². The van der Waals surface area contributed by atoms with Crippen LogP contribution in [0.4, 0.5) is 33.7 Å². The zero-order valence-electron chi connectivity index (χ0n) is 31.6. The van der Waals surface area contributed by atoms with E-state index in [4.69, 9.17) is 19.2 Å². The normalized spacial score (nSPS) is 21.9. The predicted molar refractivity (Wildman–Crippen MR) is 201 cm³/mol. The predicted octanol–water partition coefficient (Wildman–Crippen LogP) is 8.22. The highest BCUT2D eigenvalue weighted by Crippen LogP contribution is 2.43. The van der Waals surface area contributed by atoms with E-state index in [1.807, 2.05) is 20.8 Å². The van der Waals surface area contributed by atoms with Crippen LogP contribution in [0, 0.1) is 18.6 Å². The number of halogens is 3. The minimum atomic E-state index is -0.958. The summed E-state index contributed by atoms with van der Waals surface area (Å²) in [4.78, 5) is 42.9. The van der Waals surface area contributed by atoms with Crippen LogP contribution in [0.3, 0.4) is 0 Å². The number of fused-ring (bicyclic) bond motifs is 3.